The summed E-state index contributed by atoms with van der Waals surface area (Å²) in [5.41, 5.74) is 1.27. The van der Waals surface area contributed by atoms with Gasteiger partial charge in [0.15, 0.2) is 11.5 Å². The van der Waals surface area contributed by atoms with E-state index in [-0.39, 0.29) is 12.5 Å². The fourth-order valence-corrected chi connectivity index (χ4v) is 4.43. The highest BCUT2D eigenvalue weighted by Crippen LogP contribution is 2.39. The van der Waals surface area contributed by atoms with Crippen LogP contribution in [-0.4, -0.2) is 42.5 Å². The maximum absolute atomic E-state index is 13.3. The SMILES string of the molecule is CCOc1ccc(NC(=O)CN2C(=O)NC3(CCCc4ccccc43)C2=O)cc1OCC. The molecule has 2 aliphatic rings. The Labute approximate surface area is 186 Å². The van der Waals surface area contributed by atoms with Crippen LogP contribution >= 0.6 is 0 Å². The topological polar surface area (TPSA) is 97.0 Å². The fraction of sp³-hybridized carbons (Fsp3) is 0.375. The van der Waals surface area contributed by atoms with Gasteiger partial charge >= 0.3 is 6.03 Å². The first-order valence-electron chi connectivity index (χ1n) is 10.9. The molecule has 0 saturated carbocycles. The van der Waals surface area contributed by atoms with Gasteiger partial charge in [-0.2, -0.15) is 0 Å². The molecule has 1 atom stereocenters. The Hall–Kier alpha value is -3.55. The number of urea groups is 1. The third kappa shape index (κ3) is 3.88. The molecule has 1 spiro atoms. The van der Waals surface area contributed by atoms with Gasteiger partial charge in [0.2, 0.25) is 5.91 Å². The van der Waals surface area contributed by atoms with Crippen molar-refractivity contribution in [3.8, 4) is 11.5 Å². The van der Waals surface area contributed by atoms with Gasteiger partial charge in [-0.3, -0.25) is 14.5 Å². The first-order chi connectivity index (χ1) is 15.5. The minimum atomic E-state index is -1.09. The Morgan fingerprint density at radius 1 is 1.09 bits per heavy atom. The number of nitrogens with one attached hydrogen (secondary N) is 2. The molecule has 1 fully saturated rings. The lowest BCUT2D eigenvalue weighted by Crippen LogP contribution is -2.47. The molecule has 1 aliphatic heterocycles. The van der Waals surface area contributed by atoms with Crippen LogP contribution in [0.5, 0.6) is 11.5 Å². The third-order valence-corrected chi connectivity index (χ3v) is 5.78. The largest absolute Gasteiger partial charge is 0.490 e. The standard InChI is InChI=1S/C24H27N3O5/c1-3-31-19-12-11-17(14-20(19)32-4-2)25-21(28)15-27-22(29)24(26-23(27)30)13-7-9-16-8-5-6-10-18(16)24/h5-6,8,10-12,14H,3-4,7,9,13,15H2,1-2H3,(H,25,28)(H,26,30). The second-order valence-electron chi connectivity index (χ2n) is 7.81. The summed E-state index contributed by atoms with van der Waals surface area (Å²) in [6, 6.07) is 12.2. The van der Waals surface area contributed by atoms with Gasteiger partial charge in [0.1, 0.15) is 12.1 Å². The number of aryl methyl sites for hydroxylation is 1. The summed E-state index contributed by atoms with van der Waals surface area (Å²) in [7, 11) is 0. The van der Waals surface area contributed by atoms with E-state index in [0.29, 0.717) is 36.8 Å². The van der Waals surface area contributed by atoms with Crippen LogP contribution < -0.4 is 20.1 Å². The van der Waals surface area contributed by atoms with Crippen LogP contribution in [0.4, 0.5) is 10.5 Å². The van der Waals surface area contributed by atoms with E-state index in [0.717, 1.165) is 28.9 Å². The molecule has 32 heavy (non-hydrogen) atoms. The monoisotopic (exact) mass is 437 g/mol. The van der Waals surface area contributed by atoms with Gasteiger partial charge in [-0.15, -0.1) is 0 Å². The molecule has 8 nitrogen and oxygen atoms in total. The van der Waals surface area contributed by atoms with Crippen LogP contribution in [0.25, 0.3) is 0 Å². The number of hydrogen-bond acceptors (Lipinski definition) is 5. The highest BCUT2D eigenvalue weighted by molar-refractivity contribution is 6.10. The molecule has 1 saturated heterocycles. The normalized spacial score (nSPS) is 19.5. The summed E-state index contributed by atoms with van der Waals surface area (Å²) in [5, 5.41) is 5.60. The zero-order valence-electron chi connectivity index (χ0n) is 18.3. The molecule has 1 aliphatic carbocycles. The van der Waals surface area contributed by atoms with Gasteiger partial charge in [-0.1, -0.05) is 24.3 Å². The molecule has 168 valence electrons. The summed E-state index contributed by atoms with van der Waals surface area (Å²) in [4.78, 5) is 39.7. The van der Waals surface area contributed by atoms with Crippen molar-refractivity contribution in [3.63, 3.8) is 0 Å². The van der Waals surface area contributed by atoms with Gasteiger partial charge in [0, 0.05) is 11.8 Å². The molecule has 1 unspecified atom stereocenters. The Morgan fingerprint density at radius 3 is 2.62 bits per heavy atom. The number of hydrogen-bond donors (Lipinski definition) is 2. The Morgan fingerprint density at radius 2 is 1.84 bits per heavy atom. The number of nitrogens with zero attached hydrogens (tertiary/aromatic N) is 1. The smallest absolute Gasteiger partial charge is 0.325 e. The molecule has 1 heterocycles. The quantitative estimate of drug-likeness (QED) is 0.649. The number of imide groups is 1. The highest BCUT2D eigenvalue weighted by Gasteiger charge is 2.54. The van der Waals surface area contributed by atoms with Crippen LogP contribution in [-0.2, 0) is 21.5 Å². The third-order valence-electron chi connectivity index (χ3n) is 5.78. The minimum Gasteiger partial charge on any atom is -0.490 e. The average molecular weight is 437 g/mol. The van der Waals surface area contributed by atoms with Crippen molar-refractivity contribution < 1.29 is 23.9 Å². The number of anilines is 1. The minimum absolute atomic E-state index is 0.369. The Bertz CT molecular complexity index is 1050. The van der Waals surface area contributed by atoms with E-state index in [1.54, 1.807) is 18.2 Å². The second-order valence-corrected chi connectivity index (χ2v) is 7.81. The number of carbonyl (C=O) groups excluding carboxylic acids is 3. The number of ether oxygens (including phenoxy) is 2. The number of carbonyl (C=O) groups is 3. The van der Waals surface area contributed by atoms with E-state index in [2.05, 4.69) is 10.6 Å². The maximum atomic E-state index is 13.3. The van der Waals surface area contributed by atoms with E-state index in [1.807, 2.05) is 38.1 Å². The molecule has 2 aromatic rings. The Kier molecular flexibility index (Phi) is 6.03. The van der Waals surface area contributed by atoms with Crippen molar-refractivity contribution in [2.45, 2.75) is 38.6 Å². The van der Waals surface area contributed by atoms with Crippen molar-refractivity contribution >= 4 is 23.5 Å². The predicted octanol–water partition coefficient (Wildman–Crippen LogP) is 3.21. The van der Waals surface area contributed by atoms with Gasteiger partial charge in [0.25, 0.3) is 5.91 Å². The van der Waals surface area contributed by atoms with Gasteiger partial charge in [-0.25, -0.2) is 4.79 Å². The van der Waals surface area contributed by atoms with Crippen molar-refractivity contribution in [1.29, 1.82) is 0 Å². The Balaban J connectivity index is 1.49. The summed E-state index contributed by atoms with van der Waals surface area (Å²) < 4.78 is 11.1. The number of benzene rings is 2. The lowest BCUT2D eigenvalue weighted by atomic mass is 9.76. The van der Waals surface area contributed by atoms with Gasteiger partial charge in [-0.05, 0) is 56.4 Å². The van der Waals surface area contributed by atoms with Crippen molar-refractivity contribution in [2.24, 2.45) is 0 Å². The van der Waals surface area contributed by atoms with Crippen molar-refractivity contribution in [3.05, 3.63) is 53.6 Å². The summed E-state index contributed by atoms with van der Waals surface area (Å²) in [6.45, 7) is 4.30. The van der Waals surface area contributed by atoms with E-state index in [9.17, 15) is 14.4 Å². The van der Waals surface area contributed by atoms with Crippen molar-refractivity contribution in [1.82, 2.24) is 10.2 Å². The number of rotatable bonds is 7. The van der Waals surface area contributed by atoms with Crippen LogP contribution in [0.3, 0.4) is 0 Å². The molecule has 0 radical (unpaired) electrons. The molecular formula is C24H27N3O5. The number of fused-ring (bicyclic) bond motifs is 2. The molecule has 2 aromatic carbocycles. The molecule has 4 amide bonds. The lowest BCUT2D eigenvalue weighted by molar-refractivity contribution is -0.134. The summed E-state index contributed by atoms with van der Waals surface area (Å²) in [6.07, 6.45) is 2.17. The molecular weight excluding hydrogens is 410 g/mol. The fourth-order valence-electron chi connectivity index (χ4n) is 4.43. The van der Waals surface area contributed by atoms with Crippen LogP contribution in [0.2, 0.25) is 0 Å². The molecule has 4 rings (SSSR count). The van der Waals surface area contributed by atoms with Crippen LogP contribution in [0.1, 0.15) is 37.8 Å². The first kappa shape index (κ1) is 21.7. The van der Waals surface area contributed by atoms with Crippen molar-refractivity contribution in [2.75, 3.05) is 25.1 Å². The lowest BCUT2D eigenvalue weighted by Gasteiger charge is -2.33. The first-order valence-corrected chi connectivity index (χ1v) is 10.9. The molecule has 8 heteroatoms. The average Bonchev–Trinajstić information content (AvgIpc) is 3.01. The van der Waals surface area contributed by atoms with Crippen LogP contribution in [0.15, 0.2) is 42.5 Å². The van der Waals surface area contributed by atoms with E-state index in [1.165, 1.54) is 0 Å². The van der Waals surface area contributed by atoms with Gasteiger partial charge < -0.3 is 20.1 Å². The van der Waals surface area contributed by atoms with E-state index in [4.69, 9.17) is 9.47 Å². The maximum Gasteiger partial charge on any atom is 0.325 e. The van der Waals surface area contributed by atoms with Gasteiger partial charge in [0.05, 0.1) is 13.2 Å². The predicted molar refractivity (Wildman–Crippen MR) is 119 cm³/mol. The van der Waals surface area contributed by atoms with E-state index < -0.39 is 17.5 Å². The zero-order chi connectivity index (χ0) is 22.7. The van der Waals surface area contributed by atoms with Crippen LogP contribution in [0, 0.1) is 0 Å². The van der Waals surface area contributed by atoms with E-state index >= 15 is 0 Å². The molecule has 0 bridgehead atoms. The second kappa shape index (κ2) is 8.90. The molecule has 0 aromatic heterocycles. The zero-order valence-corrected chi connectivity index (χ0v) is 18.3. The molecule has 2 N–H and O–H groups in total. The highest BCUT2D eigenvalue weighted by atomic mass is 16.5. The number of amides is 4. The summed E-state index contributed by atoms with van der Waals surface area (Å²) >= 11 is 0. The summed E-state index contributed by atoms with van der Waals surface area (Å²) in [5.74, 6) is 0.243.